The molecule has 0 unspecified atom stereocenters. The van der Waals surface area contributed by atoms with E-state index in [1.165, 1.54) is 38.5 Å². The predicted octanol–water partition coefficient (Wildman–Crippen LogP) is 7.55. The second-order valence-corrected chi connectivity index (χ2v) is 7.61. The Morgan fingerprint density at radius 2 is 1.50 bits per heavy atom. The molecule has 1 fully saturated rings. The van der Waals surface area contributed by atoms with Crippen LogP contribution in [0.1, 0.15) is 102 Å². The molecule has 24 heavy (non-hydrogen) atoms. The molecule has 0 atom stereocenters. The number of halogens is 2. The van der Waals surface area contributed by atoms with Crippen LogP contribution in [0.25, 0.3) is 0 Å². The summed E-state index contributed by atoms with van der Waals surface area (Å²) in [5.41, 5.74) is 1.18. The van der Waals surface area contributed by atoms with Crippen molar-refractivity contribution >= 4 is 0 Å². The summed E-state index contributed by atoms with van der Waals surface area (Å²) in [6.07, 6.45) is 13.4. The maximum atomic E-state index is 14.5. The van der Waals surface area contributed by atoms with E-state index in [9.17, 15) is 8.78 Å². The Kier molecular flexibility index (Phi) is 8.21. The molecule has 0 saturated heterocycles. The van der Waals surface area contributed by atoms with Crippen LogP contribution in [0, 0.1) is 17.6 Å². The van der Waals surface area contributed by atoms with Crippen LogP contribution in [0.15, 0.2) is 12.1 Å². The molecule has 0 N–H and O–H groups in total. The first kappa shape index (κ1) is 19.4. The van der Waals surface area contributed by atoms with Gasteiger partial charge in [0.15, 0.2) is 11.6 Å². The fraction of sp³-hybridized carbons (Fsp3) is 0.727. The Labute approximate surface area is 147 Å². The van der Waals surface area contributed by atoms with E-state index in [-0.39, 0.29) is 5.92 Å². The van der Waals surface area contributed by atoms with Gasteiger partial charge in [-0.1, -0.05) is 64.5 Å². The molecule has 1 saturated carbocycles. The van der Waals surface area contributed by atoms with E-state index in [1.54, 1.807) is 0 Å². The van der Waals surface area contributed by atoms with Gasteiger partial charge >= 0.3 is 0 Å². The predicted molar refractivity (Wildman–Crippen MR) is 98.4 cm³/mol. The average Bonchev–Trinajstić information content (AvgIpc) is 2.60. The zero-order chi connectivity index (χ0) is 17.4. The van der Waals surface area contributed by atoms with Crippen LogP contribution in [-0.2, 0) is 6.42 Å². The van der Waals surface area contributed by atoms with Crippen molar-refractivity contribution < 1.29 is 8.78 Å². The molecular weight excluding hydrogens is 302 g/mol. The van der Waals surface area contributed by atoms with Crippen LogP contribution in [0.5, 0.6) is 0 Å². The van der Waals surface area contributed by atoms with E-state index in [4.69, 9.17) is 0 Å². The molecule has 1 aromatic carbocycles. The second kappa shape index (κ2) is 10.2. The molecule has 2 rings (SSSR count). The second-order valence-electron chi connectivity index (χ2n) is 7.61. The summed E-state index contributed by atoms with van der Waals surface area (Å²) in [5, 5.41) is 0. The minimum absolute atomic E-state index is 0.214. The lowest BCUT2D eigenvalue weighted by atomic mass is 9.76. The van der Waals surface area contributed by atoms with Gasteiger partial charge in [0, 0.05) is 0 Å². The summed E-state index contributed by atoms with van der Waals surface area (Å²) in [6, 6.07) is 3.69. The molecule has 1 aliphatic rings. The van der Waals surface area contributed by atoms with Crippen LogP contribution < -0.4 is 0 Å². The molecule has 0 spiro atoms. The quantitative estimate of drug-likeness (QED) is 0.408. The van der Waals surface area contributed by atoms with Gasteiger partial charge in [-0.15, -0.1) is 0 Å². The average molecular weight is 337 g/mol. The number of hydrogen-bond acceptors (Lipinski definition) is 0. The summed E-state index contributed by atoms with van der Waals surface area (Å²) >= 11 is 0. The van der Waals surface area contributed by atoms with Gasteiger partial charge in [0.25, 0.3) is 0 Å². The Morgan fingerprint density at radius 1 is 0.833 bits per heavy atom. The van der Waals surface area contributed by atoms with Crippen LogP contribution in [0.3, 0.4) is 0 Å². The van der Waals surface area contributed by atoms with E-state index >= 15 is 0 Å². The fourth-order valence-corrected chi connectivity index (χ4v) is 4.12. The van der Waals surface area contributed by atoms with Gasteiger partial charge in [0.2, 0.25) is 0 Å². The molecule has 2 heteroatoms. The molecule has 0 nitrogen and oxygen atoms in total. The summed E-state index contributed by atoms with van der Waals surface area (Å²) in [4.78, 5) is 0. The van der Waals surface area contributed by atoms with Crippen molar-refractivity contribution in [2.75, 3.05) is 0 Å². The van der Waals surface area contributed by atoms with Crippen LogP contribution >= 0.6 is 0 Å². The summed E-state index contributed by atoms with van der Waals surface area (Å²) in [7, 11) is 0. The largest absolute Gasteiger partial charge is 0.203 e. The van der Waals surface area contributed by atoms with E-state index in [0.29, 0.717) is 17.5 Å². The maximum Gasteiger partial charge on any atom is 0.162 e. The molecule has 0 amide bonds. The highest BCUT2D eigenvalue weighted by atomic mass is 19.2. The van der Waals surface area contributed by atoms with Gasteiger partial charge in [-0.25, -0.2) is 8.78 Å². The molecule has 1 aromatic rings. The van der Waals surface area contributed by atoms with Gasteiger partial charge in [0.05, 0.1) is 0 Å². The molecule has 0 aliphatic heterocycles. The number of hydrogen-bond donors (Lipinski definition) is 0. The normalized spacial score (nSPS) is 21.2. The highest BCUT2D eigenvalue weighted by molar-refractivity contribution is 5.29. The summed E-state index contributed by atoms with van der Waals surface area (Å²) in [6.45, 7) is 4.36. The molecule has 0 bridgehead atoms. The summed E-state index contributed by atoms with van der Waals surface area (Å²) in [5.74, 6) is -0.146. The molecule has 0 heterocycles. The number of benzene rings is 1. The van der Waals surface area contributed by atoms with E-state index in [2.05, 4.69) is 13.8 Å². The Balaban J connectivity index is 1.92. The maximum absolute atomic E-state index is 14.5. The van der Waals surface area contributed by atoms with Gasteiger partial charge in [-0.2, -0.15) is 0 Å². The van der Waals surface area contributed by atoms with Crippen molar-refractivity contribution in [3.63, 3.8) is 0 Å². The van der Waals surface area contributed by atoms with Crippen molar-refractivity contribution in [1.29, 1.82) is 0 Å². The molecule has 0 aromatic heterocycles. The lowest BCUT2D eigenvalue weighted by Gasteiger charge is -2.29. The number of unbranched alkanes of at least 4 members (excludes halogenated alkanes) is 4. The molecule has 1 aliphatic carbocycles. The zero-order valence-electron chi connectivity index (χ0n) is 15.6. The van der Waals surface area contributed by atoms with Crippen molar-refractivity contribution in [3.05, 3.63) is 34.9 Å². The number of rotatable bonds is 9. The van der Waals surface area contributed by atoms with Gasteiger partial charge in [-0.3, -0.25) is 0 Å². The van der Waals surface area contributed by atoms with Crippen LogP contribution in [-0.4, -0.2) is 0 Å². The third kappa shape index (κ3) is 5.29. The molecule has 136 valence electrons. The Morgan fingerprint density at radius 3 is 2.17 bits per heavy atom. The first-order chi connectivity index (χ1) is 11.7. The number of aryl methyl sites for hydroxylation is 1. The zero-order valence-corrected chi connectivity index (χ0v) is 15.6. The Bertz CT molecular complexity index is 487. The Hall–Kier alpha value is -0.920. The van der Waals surface area contributed by atoms with Gasteiger partial charge < -0.3 is 0 Å². The highest BCUT2D eigenvalue weighted by Crippen LogP contribution is 2.39. The smallest absolute Gasteiger partial charge is 0.162 e. The SMILES string of the molecule is CCCCCc1ccc([C@H]2CC[C@H](CCCCC)CC2)c(F)c1F. The van der Waals surface area contributed by atoms with E-state index < -0.39 is 11.6 Å². The third-order valence-electron chi connectivity index (χ3n) is 5.74. The third-order valence-corrected chi connectivity index (χ3v) is 5.74. The van der Waals surface area contributed by atoms with Crippen LogP contribution in [0.4, 0.5) is 8.78 Å². The van der Waals surface area contributed by atoms with Gasteiger partial charge in [0.1, 0.15) is 0 Å². The highest BCUT2D eigenvalue weighted by Gasteiger charge is 2.26. The molecule has 0 radical (unpaired) electrons. The lowest BCUT2D eigenvalue weighted by molar-refractivity contribution is 0.297. The van der Waals surface area contributed by atoms with Crippen molar-refractivity contribution in [3.8, 4) is 0 Å². The lowest BCUT2D eigenvalue weighted by Crippen LogP contribution is -2.15. The van der Waals surface area contributed by atoms with Crippen molar-refractivity contribution in [2.24, 2.45) is 5.92 Å². The van der Waals surface area contributed by atoms with Crippen LogP contribution in [0.2, 0.25) is 0 Å². The first-order valence-corrected chi connectivity index (χ1v) is 10.1. The first-order valence-electron chi connectivity index (χ1n) is 10.1. The van der Waals surface area contributed by atoms with Gasteiger partial charge in [-0.05, 0) is 61.5 Å². The van der Waals surface area contributed by atoms with Crippen molar-refractivity contribution in [2.45, 2.75) is 96.8 Å². The van der Waals surface area contributed by atoms with E-state index in [1.807, 2.05) is 12.1 Å². The topological polar surface area (TPSA) is 0 Å². The summed E-state index contributed by atoms with van der Waals surface area (Å²) < 4.78 is 28.9. The minimum Gasteiger partial charge on any atom is -0.203 e. The van der Waals surface area contributed by atoms with Crippen molar-refractivity contribution in [1.82, 2.24) is 0 Å². The monoisotopic (exact) mass is 336 g/mol. The molecular formula is C22H34F2. The fourth-order valence-electron chi connectivity index (χ4n) is 4.12. The standard InChI is InChI=1S/C22H34F2/c1-3-5-7-9-17-11-13-18(14-12-17)20-16-15-19(10-8-6-4-2)21(23)22(20)24/h15-18H,3-14H2,1-2H3/t17-,18-. The van der Waals surface area contributed by atoms with E-state index in [0.717, 1.165) is 38.0 Å². The minimum atomic E-state index is -0.589.